The number of amides is 1. The number of aromatic carboxylic acids is 1. The zero-order valence-corrected chi connectivity index (χ0v) is 11.2. The third-order valence-corrected chi connectivity index (χ3v) is 3.06. The van der Waals surface area contributed by atoms with Crippen molar-refractivity contribution in [3.05, 3.63) is 24.0 Å². The van der Waals surface area contributed by atoms with Crippen molar-refractivity contribution < 1.29 is 19.4 Å². The molecule has 1 aliphatic heterocycles. The highest BCUT2D eigenvalue weighted by molar-refractivity contribution is 5.86. The second-order valence-electron chi connectivity index (χ2n) is 4.54. The Balaban J connectivity index is 1.94. The van der Waals surface area contributed by atoms with E-state index >= 15 is 0 Å². The maximum atomic E-state index is 12.2. The largest absolute Gasteiger partial charge is 0.477 e. The van der Waals surface area contributed by atoms with Crippen LogP contribution in [-0.2, 0) is 9.53 Å². The van der Waals surface area contributed by atoms with Crippen LogP contribution < -0.4 is 5.32 Å². The molecule has 1 amide bonds. The van der Waals surface area contributed by atoms with E-state index in [1.807, 2.05) is 0 Å². The van der Waals surface area contributed by atoms with Gasteiger partial charge in [0, 0.05) is 13.1 Å². The van der Waals surface area contributed by atoms with Crippen molar-refractivity contribution in [1.29, 1.82) is 0 Å². The lowest BCUT2D eigenvalue weighted by molar-refractivity contribution is -0.135. The molecule has 0 radical (unpaired) electrons. The average Bonchev–Trinajstić information content (AvgIpc) is 2.48. The number of nitrogens with zero attached hydrogens (tertiary/aromatic N) is 2. The molecule has 1 unspecified atom stereocenters. The first-order chi connectivity index (χ1) is 9.58. The SMILES string of the molecule is CC(Nc1ccc(C(=O)O)nc1)C(=O)N1CCOCC1. The minimum Gasteiger partial charge on any atom is -0.477 e. The van der Waals surface area contributed by atoms with Gasteiger partial charge in [0.2, 0.25) is 5.91 Å². The second-order valence-corrected chi connectivity index (χ2v) is 4.54. The smallest absolute Gasteiger partial charge is 0.354 e. The number of carboxylic acid groups (broad SMARTS) is 1. The summed E-state index contributed by atoms with van der Waals surface area (Å²) in [5.41, 5.74) is 0.590. The maximum Gasteiger partial charge on any atom is 0.354 e. The molecular weight excluding hydrogens is 262 g/mol. The number of nitrogens with one attached hydrogen (secondary N) is 1. The van der Waals surface area contributed by atoms with Gasteiger partial charge in [0.15, 0.2) is 0 Å². The van der Waals surface area contributed by atoms with Crippen molar-refractivity contribution in [2.24, 2.45) is 0 Å². The number of carbonyl (C=O) groups excluding carboxylic acids is 1. The Labute approximate surface area is 116 Å². The van der Waals surface area contributed by atoms with Crippen molar-refractivity contribution in [3.63, 3.8) is 0 Å². The van der Waals surface area contributed by atoms with Gasteiger partial charge in [-0.1, -0.05) is 0 Å². The monoisotopic (exact) mass is 279 g/mol. The van der Waals surface area contributed by atoms with E-state index in [-0.39, 0.29) is 11.6 Å². The molecule has 0 spiro atoms. The zero-order valence-electron chi connectivity index (χ0n) is 11.2. The van der Waals surface area contributed by atoms with Crippen molar-refractivity contribution >= 4 is 17.6 Å². The summed E-state index contributed by atoms with van der Waals surface area (Å²) in [5, 5.41) is 11.8. The summed E-state index contributed by atoms with van der Waals surface area (Å²) in [5.74, 6) is -1.08. The zero-order chi connectivity index (χ0) is 14.5. The van der Waals surface area contributed by atoms with Gasteiger partial charge in [-0.3, -0.25) is 4.79 Å². The summed E-state index contributed by atoms with van der Waals surface area (Å²) in [6, 6.07) is 2.60. The molecule has 7 nitrogen and oxygen atoms in total. The van der Waals surface area contributed by atoms with Gasteiger partial charge in [-0.25, -0.2) is 9.78 Å². The van der Waals surface area contributed by atoms with Crippen LogP contribution in [0, 0.1) is 0 Å². The fourth-order valence-corrected chi connectivity index (χ4v) is 1.98. The third-order valence-electron chi connectivity index (χ3n) is 3.06. The van der Waals surface area contributed by atoms with Gasteiger partial charge in [-0.2, -0.15) is 0 Å². The van der Waals surface area contributed by atoms with Gasteiger partial charge in [0.05, 0.1) is 25.1 Å². The number of carbonyl (C=O) groups is 2. The normalized spacial score (nSPS) is 16.6. The molecule has 1 saturated heterocycles. The van der Waals surface area contributed by atoms with Crippen LogP contribution >= 0.6 is 0 Å². The minimum atomic E-state index is -1.08. The molecule has 7 heteroatoms. The van der Waals surface area contributed by atoms with Gasteiger partial charge < -0.3 is 20.1 Å². The molecule has 1 atom stereocenters. The topological polar surface area (TPSA) is 91.8 Å². The van der Waals surface area contributed by atoms with E-state index in [0.29, 0.717) is 32.0 Å². The van der Waals surface area contributed by atoms with Crippen LogP contribution in [0.3, 0.4) is 0 Å². The summed E-state index contributed by atoms with van der Waals surface area (Å²) in [4.78, 5) is 28.4. The number of hydrogen-bond acceptors (Lipinski definition) is 5. The Kier molecular flexibility index (Phi) is 4.52. The Hall–Kier alpha value is -2.15. The fourth-order valence-electron chi connectivity index (χ4n) is 1.98. The summed E-state index contributed by atoms with van der Waals surface area (Å²) >= 11 is 0. The van der Waals surface area contributed by atoms with Crippen molar-refractivity contribution in [1.82, 2.24) is 9.88 Å². The third kappa shape index (κ3) is 3.45. The van der Waals surface area contributed by atoms with Gasteiger partial charge >= 0.3 is 5.97 Å². The van der Waals surface area contributed by atoms with Gasteiger partial charge in [0.1, 0.15) is 11.7 Å². The van der Waals surface area contributed by atoms with Crippen molar-refractivity contribution in [3.8, 4) is 0 Å². The van der Waals surface area contributed by atoms with Crippen LogP contribution in [-0.4, -0.2) is 59.2 Å². The van der Waals surface area contributed by atoms with Crippen LogP contribution in [0.5, 0.6) is 0 Å². The molecule has 0 aliphatic carbocycles. The number of hydrogen-bond donors (Lipinski definition) is 2. The summed E-state index contributed by atoms with van der Waals surface area (Å²) < 4.78 is 5.20. The van der Waals surface area contributed by atoms with Gasteiger partial charge in [0.25, 0.3) is 0 Å². The van der Waals surface area contributed by atoms with Crippen LogP contribution in [0.1, 0.15) is 17.4 Å². The standard InChI is InChI=1S/C13H17N3O4/c1-9(12(17)16-4-6-20-7-5-16)15-10-2-3-11(13(18)19)14-8-10/h2-3,8-9,15H,4-7H2,1H3,(H,18,19). The molecule has 2 heterocycles. The van der Waals surface area contributed by atoms with E-state index < -0.39 is 12.0 Å². The lowest BCUT2D eigenvalue weighted by Gasteiger charge is -2.29. The number of morpholine rings is 1. The van der Waals surface area contributed by atoms with E-state index in [1.165, 1.54) is 12.3 Å². The van der Waals surface area contributed by atoms with Crippen LogP contribution in [0.2, 0.25) is 0 Å². The molecule has 20 heavy (non-hydrogen) atoms. The first kappa shape index (κ1) is 14.3. The second kappa shape index (κ2) is 6.33. The maximum absolute atomic E-state index is 12.2. The van der Waals surface area contributed by atoms with Gasteiger partial charge in [-0.05, 0) is 19.1 Å². The molecule has 1 aliphatic rings. The number of aromatic nitrogens is 1. The highest BCUT2D eigenvalue weighted by Crippen LogP contribution is 2.10. The average molecular weight is 279 g/mol. The minimum absolute atomic E-state index is 0.00406. The van der Waals surface area contributed by atoms with E-state index in [1.54, 1.807) is 17.9 Å². The molecular formula is C13H17N3O4. The molecule has 2 rings (SSSR count). The lowest BCUT2D eigenvalue weighted by Crippen LogP contribution is -2.47. The van der Waals surface area contributed by atoms with E-state index in [9.17, 15) is 9.59 Å². The van der Waals surface area contributed by atoms with E-state index in [0.717, 1.165) is 0 Å². The Bertz CT molecular complexity index is 483. The predicted octanol–water partition coefficient (Wildman–Crippen LogP) is 0.439. The van der Waals surface area contributed by atoms with Crippen LogP contribution in [0.15, 0.2) is 18.3 Å². The highest BCUT2D eigenvalue weighted by Gasteiger charge is 2.22. The number of anilines is 1. The molecule has 2 N–H and O–H groups in total. The number of carboxylic acids is 1. The van der Waals surface area contributed by atoms with E-state index in [2.05, 4.69) is 10.3 Å². The first-order valence-corrected chi connectivity index (χ1v) is 6.40. The number of rotatable bonds is 4. The predicted molar refractivity (Wildman–Crippen MR) is 71.7 cm³/mol. The number of ether oxygens (including phenoxy) is 1. The molecule has 1 aromatic rings. The molecule has 1 aromatic heterocycles. The fraction of sp³-hybridized carbons (Fsp3) is 0.462. The summed E-state index contributed by atoms with van der Waals surface area (Å²) in [6.45, 7) is 4.09. The number of pyridine rings is 1. The van der Waals surface area contributed by atoms with Crippen molar-refractivity contribution in [2.75, 3.05) is 31.6 Å². The van der Waals surface area contributed by atoms with E-state index in [4.69, 9.17) is 9.84 Å². The van der Waals surface area contributed by atoms with Crippen LogP contribution in [0.4, 0.5) is 5.69 Å². The lowest BCUT2D eigenvalue weighted by atomic mass is 10.2. The molecule has 0 bridgehead atoms. The van der Waals surface area contributed by atoms with Crippen LogP contribution in [0.25, 0.3) is 0 Å². The molecule has 0 saturated carbocycles. The molecule has 1 fully saturated rings. The molecule has 108 valence electrons. The quantitative estimate of drug-likeness (QED) is 0.831. The van der Waals surface area contributed by atoms with Crippen molar-refractivity contribution in [2.45, 2.75) is 13.0 Å². The first-order valence-electron chi connectivity index (χ1n) is 6.40. The molecule has 0 aromatic carbocycles. The Morgan fingerprint density at radius 1 is 1.40 bits per heavy atom. The highest BCUT2D eigenvalue weighted by atomic mass is 16.5. The van der Waals surface area contributed by atoms with Gasteiger partial charge in [-0.15, -0.1) is 0 Å². The summed E-state index contributed by atoms with van der Waals surface area (Å²) in [7, 11) is 0. The Morgan fingerprint density at radius 2 is 2.10 bits per heavy atom. The summed E-state index contributed by atoms with van der Waals surface area (Å²) in [6.07, 6.45) is 1.41. The Morgan fingerprint density at radius 3 is 2.65 bits per heavy atom.